The van der Waals surface area contributed by atoms with Crippen molar-refractivity contribution in [1.29, 1.82) is 0 Å². The first-order chi connectivity index (χ1) is 14.1. The Labute approximate surface area is 185 Å². The summed E-state index contributed by atoms with van der Waals surface area (Å²) < 4.78 is 35.7. The monoisotopic (exact) mass is 436 g/mol. The fraction of sp³-hybridized carbons (Fsp3) is 0.360. The van der Waals surface area contributed by atoms with Crippen molar-refractivity contribution in [1.82, 2.24) is 0 Å². The van der Waals surface area contributed by atoms with Crippen molar-refractivity contribution < 1.29 is 17.7 Å². The molecule has 0 fully saturated rings. The molecule has 4 nitrogen and oxygen atoms in total. The van der Waals surface area contributed by atoms with Gasteiger partial charge in [0.05, 0.1) is 12.0 Å². The molecule has 30 heavy (non-hydrogen) atoms. The summed E-state index contributed by atoms with van der Waals surface area (Å²) in [5, 5.41) is 0. The van der Waals surface area contributed by atoms with Crippen LogP contribution in [0.3, 0.4) is 0 Å². The zero-order valence-corrected chi connectivity index (χ0v) is 21.0. The van der Waals surface area contributed by atoms with Crippen LogP contribution in [-0.2, 0) is 10.1 Å². The molecule has 0 saturated heterocycles. The molecular weight excluding hydrogens is 396 g/mol. The quantitative estimate of drug-likeness (QED) is 0.403. The molecule has 0 bridgehead atoms. The summed E-state index contributed by atoms with van der Waals surface area (Å²) in [6.07, 6.45) is 1.83. The maximum absolute atomic E-state index is 10.9. The predicted molar refractivity (Wildman–Crippen MR) is 132 cm³/mol. The normalized spacial score (nSPS) is 9.00. The molecule has 0 aliphatic carbocycles. The molecule has 0 heterocycles. The lowest BCUT2D eigenvalue weighted by molar-refractivity contribution is 0.411. The van der Waals surface area contributed by atoms with Crippen LogP contribution < -0.4 is 4.74 Å². The van der Waals surface area contributed by atoms with E-state index in [0.717, 1.165) is 28.0 Å². The summed E-state index contributed by atoms with van der Waals surface area (Å²) in [4.78, 5) is -0.00407. The maximum Gasteiger partial charge on any atom is 0.294 e. The van der Waals surface area contributed by atoms with Crippen molar-refractivity contribution >= 4 is 16.2 Å². The van der Waals surface area contributed by atoms with Gasteiger partial charge in [0.15, 0.2) is 0 Å². The molecule has 0 saturated carbocycles. The van der Waals surface area contributed by atoms with Gasteiger partial charge in [0, 0.05) is 0 Å². The molecular formula is C25H40O4S. The van der Waals surface area contributed by atoms with Gasteiger partial charge in [-0.3, -0.25) is 4.55 Å². The Kier molecular flexibility index (Phi) is 18.8. The topological polar surface area (TPSA) is 63.6 Å². The van der Waals surface area contributed by atoms with Gasteiger partial charge in [-0.25, -0.2) is 0 Å². The fourth-order valence-corrected chi connectivity index (χ4v) is 3.03. The molecule has 0 spiro atoms. The minimum Gasteiger partial charge on any atom is -0.496 e. The Morgan fingerprint density at radius 3 is 1.67 bits per heavy atom. The zero-order chi connectivity index (χ0) is 24.5. The Morgan fingerprint density at radius 2 is 1.30 bits per heavy atom. The van der Waals surface area contributed by atoms with E-state index >= 15 is 0 Å². The third kappa shape index (κ3) is 11.6. The van der Waals surface area contributed by atoms with Gasteiger partial charge in [-0.1, -0.05) is 52.5 Å². The molecule has 1 N–H and O–H groups in total. The number of hydrogen-bond donors (Lipinski definition) is 1. The Balaban J connectivity index is -0.000000392. The SMILES string of the molecule is C=C.C=Cc1ccc(OC)c(C)c1.CC.CC.Cc1cc(C)c(S(=O)(=O)O)cc1C. The molecule has 0 unspecified atom stereocenters. The second-order valence-electron chi connectivity index (χ2n) is 5.61. The molecule has 0 aliphatic rings. The van der Waals surface area contributed by atoms with Gasteiger partial charge in [0.25, 0.3) is 10.1 Å². The average molecular weight is 437 g/mol. The molecule has 2 rings (SSSR count). The summed E-state index contributed by atoms with van der Waals surface area (Å²) >= 11 is 0. The van der Waals surface area contributed by atoms with E-state index in [0.29, 0.717) is 5.56 Å². The predicted octanol–water partition coefficient (Wildman–Crippen LogP) is 7.36. The summed E-state index contributed by atoms with van der Waals surface area (Å²) in [6.45, 7) is 25.1. The molecule has 0 amide bonds. The highest BCUT2D eigenvalue weighted by Gasteiger charge is 2.13. The van der Waals surface area contributed by atoms with E-state index < -0.39 is 10.1 Å². The standard InChI is InChI=1S/C10H12O.C9H12O3S.2C2H6.C2H4/c1-4-9-5-6-10(11-3)8(2)7-9;1-6-4-8(3)9(5-7(6)2)13(10,11)12;3*1-2/h4-7H,1H2,2-3H3;4-5H,1-3H3,(H,10,11,12);2*1-2H3;1-2H2. The van der Waals surface area contributed by atoms with Crippen LogP contribution >= 0.6 is 0 Å². The van der Waals surface area contributed by atoms with Gasteiger partial charge >= 0.3 is 0 Å². The van der Waals surface area contributed by atoms with Crippen LogP contribution in [0.2, 0.25) is 0 Å². The average Bonchev–Trinajstić information content (AvgIpc) is 2.74. The van der Waals surface area contributed by atoms with E-state index in [1.807, 2.05) is 72.7 Å². The van der Waals surface area contributed by atoms with E-state index in [1.165, 1.54) is 6.07 Å². The van der Waals surface area contributed by atoms with Crippen molar-refractivity contribution in [2.75, 3.05) is 7.11 Å². The van der Waals surface area contributed by atoms with Gasteiger partial charge in [-0.2, -0.15) is 8.42 Å². The number of aryl methyl sites for hydroxylation is 4. The van der Waals surface area contributed by atoms with Gasteiger partial charge < -0.3 is 4.74 Å². The van der Waals surface area contributed by atoms with Gasteiger partial charge in [0.1, 0.15) is 5.75 Å². The molecule has 2 aromatic carbocycles. The fourth-order valence-electron chi connectivity index (χ4n) is 2.24. The van der Waals surface area contributed by atoms with Crippen LogP contribution in [0, 0.1) is 27.7 Å². The number of methoxy groups -OCH3 is 1. The lowest BCUT2D eigenvalue weighted by Crippen LogP contribution is -2.02. The van der Waals surface area contributed by atoms with Gasteiger partial charge in [0.2, 0.25) is 0 Å². The van der Waals surface area contributed by atoms with Gasteiger partial charge in [-0.15, -0.1) is 13.2 Å². The lowest BCUT2D eigenvalue weighted by Gasteiger charge is -2.06. The number of hydrogen-bond acceptors (Lipinski definition) is 3. The second kappa shape index (κ2) is 17.5. The van der Waals surface area contributed by atoms with Crippen LogP contribution in [0.5, 0.6) is 5.75 Å². The van der Waals surface area contributed by atoms with Crippen LogP contribution in [0.1, 0.15) is 55.5 Å². The Hall–Kier alpha value is -2.37. The first-order valence-corrected chi connectivity index (χ1v) is 11.4. The highest BCUT2D eigenvalue weighted by atomic mass is 32.2. The largest absolute Gasteiger partial charge is 0.496 e. The van der Waals surface area contributed by atoms with Crippen molar-refractivity contribution in [3.8, 4) is 5.75 Å². The molecule has 5 heteroatoms. The molecule has 2 aromatic rings. The first-order valence-electron chi connectivity index (χ1n) is 9.92. The van der Waals surface area contributed by atoms with E-state index in [9.17, 15) is 8.42 Å². The van der Waals surface area contributed by atoms with Gasteiger partial charge in [-0.05, 0) is 73.7 Å². The number of ether oxygens (including phenoxy) is 1. The van der Waals surface area contributed by atoms with E-state index in [2.05, 4.69) is 19.7 Å². The van der Waals surface area contributed by atoms with Crippen LogP contribution in [0.15, 0.2) is 55.0 Å². The van der Waals surface area contributed by atoms with Crippen LogP contribution in [0.4, 0.5) is 0 Å². The first kappa shape index (κ1) is 32.3. The molecule has 0 atom stereocenters. The van der Waals surface area contributed by atoms with Crippen molar-refractivity contribution in [3.05, 3.63) is 77.9 Å². The lowest BCUT2D eigenvalue weighted by atomic mass is 10.1. The Bertz CT molecular complexity index is 854. The molecule has 0 radical (unpaired) electrons. The zero-order valence-electron chi connectivity index (χ0n) is 20.2. The highest BCUT2D eigenvalue weighted by molar-refractivity contribution is 7.85. The summed E-state index contributed by atoms with van der Waals surface area (Å²) in [5.74, 6) is 0.926. The summed E-state index contributed by atoms with van der Waals surface area (Å²) in [6, 6.07) is 9.22. The van der Waals surface area contributed by atoms with Crippen molar-refractivity contribution in [3.63, 3.8) is 0 Å². The van der Waals surface area contributed by atoms with Crippen LogP contribution in [0.25, 0.3) is 6.08 Å². The molecule has 170 valence electrons. The third-order valence-corrected chi connectivity index (χ3v) is 4.72. The van der Waals surface area contributed by atoms with E-state index in [-0.39, 0.29) is 4.90 Å². The smallest absolute Gasteiger partial charge is 0.294 e. The minimum atomic E-state index is -4.07. The number of rotatable bonds is 3. The summed E-state index contributed by atoms with van der Waals surface area (Å²) in [5.41, 5.74) is 4.72. The van der Waals surface area contributed by atoms with Crippen molar-refractivity contribution in [2.24, 2.45) is 0 Å². The van der Waals surface area contributed by atoms with Crippen molar-refractivity contribution in [2.45, 2.75) is 60.3 Å². The highest BCUT2D eigenvalue weighted by Crippen LogP contribution is 2.19. The molecule has 0 aliphatic heterocycles. The third-order valence-electron chi connectivity index (χ3n) is 3.72. The number of benzene rings is 2. The second-order valence-corrected chi connectivity index (χ2v) is 7.00. The summed E-state index contributed by atoms with van der Waals surface area (Å²) in [7, 11) is -2.40. The van der Waals surface area contributed by atoms with Crippen LogP contribution in [-0.4, -0.2) is 20.1 Å². The van der Waals surface area contributed by atoms with E-state index in [1.54, 1.807) is 20.1 Å². The minimum absolute atomic E-state index is 0.00407. The molecule has 0 aromatic heterocycles. The maximum atomic E-state index is 10.9. The van der Waals surface area contributed by atoms with E-state index in [4.69, 9.17) is 9.29 Å². The Morgan fingerprint density at radius 1 is 0.833 bits per heavy atom.